The minimum Gasteiger partial charge on any atom is -0.506 e. The van der Waals surface area contributed by atoms with Gasteiger partial charge in [0, 0.05) is 6.07 Å². The lowest BCUT2D eigenvalue weighted by Gasteiger charge is -1.94. The summed E-state index contributed by atoms with van der Waals surface area (Å²) in [6.45, 7) is 0. The number of hydrogen-bond acceptors (Lipinski definition) is 6. The lowest BCUT2D eigenvalue weighted by molar-refractivity contribution is 0.0603. The summed E-state index contributed by atoms with van der Waals surface area (Å²) in [6, 6.07) is 1.44. The van der Waals surface area contributed by atoms with Crippen molar-refractivity contribution < 1.29 is 14.6 Å². The van der Waals surface area contributed by atoms with Crippen molar-refractivity contribution in [2.24, 2.45) is 0 Å². The van der Waals surface area contributed by atoms with Crippen LogP contribution >= 0.6 is 11.3 Å². The second-order valence-electron chi connectivity index (χ2n) is 2.63. The minimum atomic E-state index is -0.566. The van der Waals surface area contributed by atoms with Crippen molar-refractivity contribution in [1.29, 1.82) is 0 Å². The standard InChI is InChI=1S/C8H7N3O3S/c1-14-8(13)7-5(12)2-6(15-7)11-4-9-3-10-11/h2-4,12H,1H3. The number of rotatable bonds is 2. The number of ether oxygens (including phenoxy) is 1. The number of nitrogens with zero attached hydrogens (tertiary/aromatic N) is 3. The van der Waals surface area contributed by atoms with Crippen LogP contribution in [0.15, 0.2) is 18.7 Å². The molecule has 0 saturated heterocycles. The highest BCUT2D eigenvalue weighted by Gasteiger charge is 2.17. The van der Waals surface area contributed by atoms with Crippen LogP contribution in [0.1, 0.15) is 9.67 Å². The Bertz CT molecular complexity index is 477. The van der Waals surface area contributed by atoms with Gasteiger partial charge in [0.05, 0.1) is 7.11 Å². The largest absolute Gasteiger partial charge is 0.506 e. The third-order valence-electron chi connectivity index (χ3n) is 1.71. The van der Waals surface area contributed by atoms with Crippen molar-refractivity contribution in [2.45, 2.75) is 0 Å². The van der Waals surface area contributed by atoms with E-state index in [2.05, 4.69) is 14.8 Å². The van der Waals surface area contributed by atoms with Gasteiger partial charge in [0.1, 0.15) is 23.4 Å². The first kappa shape index (κ1) is 9.66. The van der Waals surface area contributed by atoms with Crippen LogP contribution < -0.4 is 0 Å². The van der Waals surface area contributed by atoms with E-state index in [9.17, 15) is 9.90 Å². The van der Waals surface area contributed by atoms with Crippen molar-refractivity contribution in [3.05, 3.63) is 23.6 Å². The van der Waals surface area contributed by atoms with Crippen LogP contribution in [0.4, 0.5) is 0 Å². The Hall–Kier alpha value is -1.89. The first-order chi connectivity index (χ1) is 7.22. The third kappa shape index (κ3) is 1.68. The predicted octanol–water partition coefficient (Wildman–Crippen LogP) is 0.821. The number of methoxy groups -OCH3 is 1. The van der Waals surface area contributed by atoms with Gasteiger partial charge in [0.15, 0.2) is 4.88 Å². The highest BCUT2D eigenvalue weighted by atomic mass is 32.1. The Morgan fingerprint density at radius 2 is 2.47 bits per heavy atom. The molecule has 0 aliphatic carbocycles. The number of aromatic hydroxyl groups is 1. The van der Waals surface area contributed by atoms with Crippen molar-refractivity contribution in [3.63, 3.8) is 0 Å². The van der Waals surface area contributed by atoms with Gasteiger partial charge < -0.3 is 9.84 Å². The van der Waals surface area contributed by atoms with Gasteiger partial charge in [-0.25, -0.2) is 14.5 Å². The molecule has 1 N–H and O–H groups in total. The normalized spacial score (nSPS) is 10.2. The summed E-state index contributed by atoms with van der Waals surface area (Å²) >= 11 is 1.09. The summed E-state index contributed by atoms with van der Waals surface area (Å²) in [7, 11) is 1.26. The summed E-state index contributed by atoms with van der Waals surface area (Å²) in [5.74, 6) is -0.679. The molecular formula is C8H7N3O3S. The van der Waals surface area contributed by atoms with E-state index in [1.165, 1.54) is 30.5 Å². The third-order valence-corrected chi connectivity index (χ3v) is 2.81. The second-order valence-corrected chi connectivity index (χ2v) is 3.66. The Balaban J connectivity index is 2.41. The maximum absolute atomic E-state index is 11.2. The molecule has 15 heavy (non-hydrogen) atoms. The van der Waals surface area contributed by atoms with Crippen LogP contribution in [-0.2, 0) is 4.74 Å². The molecule has 0 saturated carbocycles. The first-order valence-corrected chi connectivity index (χ1v) is 4.80. The molecule has 0 atom stereocenters. The zero-order chi connectivity index (χ0) is 10.8. The maximum atomic E-state index is 11.2. The van der Waals surface area contributed by atoms with Crippen LogP contribution in [0.25, 0.3) is 5.00 Å². The number of aromatic nitrogens is 3. The van der Waals surface area contributed by atoms with Crippen LogP contribution in [-0.4, -0.2) is 33.0 Å². The molecule has 6 nitrogen and oxygen atoms in total. The van der Waals surface area contributed by atoms with E-state index >= 15 is 0 Å². The van der Waals surface area contributed by atoms with Crippen LogP contribution in [0.3, 0.4) is 0 Å². The number of esters is 1. The van der Waals surface area contributed by atoms with Crippen LogP contribution in [0.2, 0.25) is 0 Å². The fourth-order valence-electron chi connectivity index (χ4n) is 1.04. The highest BCUT2D eigenvalue weighted by molar-refractivity contribution is 7.16. The van der Waals surface area contributed by atoms with Crippen molar-refractivity contribution >= 4 is 17.3 Å². The first-order valence-electron chi connectivity index (χ1n) is 3.98. The smallest absolute Gasteiger partial charge is 0.351 e. The molecule has 2 aromatic rings. The van der Waals surface area contributed by atoms with E-state index in [1.807, 2.05) is 0 Å². The molecule has 2 aromatic heterocycles. The SMILES string of the molecule is COC(=O)c1sc(-n2cncn2)cc1O. The average Bonchev–Trinajstić information content (AvgIpc) is 2.84. The van der Waals surface area contributed by atoms with Gasteiger partial charge >= 0.3 is 5.97 Å². The molecule has 0 bridgehead atoms. The van der Waals surface area contributed by atoms with Crippen molar-refractivity contribution in [1.82, 2.24) is 14.8 Å². The fourth-order valence-corrected chi connectivity index (χ4v) is 1.94. The molecule has 0 aliphatic rings. The number of thiophene rings is 1. The van der Waals surface area contributed by atoms with Gasteiger partial charge in [0.2, 0.25) is 0 Å². The summed E-state index contributed by atoms with van der Waals surface area (Å²) in [6.07, 6.45) is 2.85. The highest BCUT2D eigenvalue weighted by Crippen LogP contribution is 2.30. The second kappa shape index (κ2) is 3.70. The molecular weight excluding hydrogens is 218 g/mol. The molecule has 2 rings (SSSR count). The zero-order valence-corrected chi connectivity index (χ0v) is 8.56. The van der Waals surface area contributed by atoms with E-state index in [1.54, 1.807) is 0 Å². The van der Waals surface area contributed by atoms with Gasteiger partial charge in [-0.2, -0.15) is 5.10 Å². The number of carbonyl (C=O) groups excluding carboxylic acids is 1. The number of carbonyl (C=O) groups is 1. The average molecular weight is 225 g/mol. The molecule has 0 unspecified atom stereocenters. The zero-order valence-electron chi connectivity index (χ0n) is 7.75. The van der Waals surface area contributed by atoms with E-state index in [0.29, 0.717) is 5.00 Å². The molecule has 0 aliphatic heterocycles. The number of hydrogen-bond donors (Lipinski definition) is 1. The monoisotopic (exact) mass is 225 g/mol. The summed E-state index contributed by atoms with van der Waals surface area (Å²) in [5.41, 5.74) is 0. The van der Waals surface area contributed by atoms with Crippen molar-refractivity contribution in [2.75, 3.05) is 7.11 Å². The molecule has 0 radical (unpaired) electrons. The summed E-state index contributed by atoms with van der Waals surface area (Å²) < 4.78 is 5.97. The van der Waals surface area contributed by atoms with Gasteiger partial charge in [-0.3, -0.25) is 0 Å². The Morgan fingerprint density at radius 3 is 3.07 bits per heavy atom. The van der Waals surface area contributed by atoms with Crippen molar-refractivity contribution in [3.8, 4) is 10.8 Å². The summed E-state index contributed by atoms with van der Waals surface area (Å²) in [4.78, 5) is 15.1. The molecule has 0 aromatic carbocycles. The molecule has 0 fully saturated rings. The van der Waals surface area contributed by atoms with Gasteiger partial charge in [0.25, 0.3) is 0 Å². The van der Waals surface area contributed by atoms with Gasteiger partial charge in [-0.1, -0.05) is 0 Å². The molecule has 2 heterocycles. The van der Waals surface area contributed by atoms with E-state index < -0.39 is 5.97 Å². The van der Waals surface area contributed by atoms with E-state index in [0.717, 1.165) is 11.3 Å². The molecule has 0 spiro atoms. The lowest BCUT2D eigenvalue weighted by atomic mass is 10.4. The lowest BCUT2D eigenvalue weighted by Crippen LogP contribution is -1.97. The molecule has 7 heteroatoms. The Morgan fingerprint density at radius 1 is 1.67 bits per heavy atom. The molecule has 78 valence electrons. The minimum absolute atomic E-state index is 0.114. The van der Waals surface area contributed by atoms with Crippen LogP contribution in [0, 0.1) is 0 Å². The van der Waals surface area contributed by atoms with E-state index in [4.69, 9.17) is 0 Å². The maximum Gasteiger partial charge on any atom is 0.351 e. The van der Waals surface area contributed by atoms with Crippen LogP contribution in [0.5, 0.6) is 5.75 Å². The Kier molecular flexibility index (Phi) is 2.38. The predicted molar refractivity (Wildman–Crippen MR) is 52.2 cm³/mol. The Labute approximate surface area is 88.8 Å². The van der Waals surface area contributed by atoms with Gasteiger partial charge in [-0.15, -0.1) is 11.3 Å². The van der Waals surface area contributed by atoms with Gasteiger partial charge in [-0.05, 0) is 0 Å². The quantitative estimate of drug-likeness (QED) is 0.765. The topological polar surface area (TPSA) is 77.2 Å². The fraction of sp³-hybridized carbons (Fsp3) is 0.125. The molecule has 0 amide bonds. The summed E-state index contributed by atoms with van der Waals surface area (Å²) in [5, 5.41) is 14.0. The van der Waals surface area contributed by atoms with E-state index in [-0.39, 0.29) is 10.6 Å².